The standard InChI is InChI=1S/C19H24N4O4/c24-16(22-18(26)20-14-9-5-2-6-10-14)12-23-17(25)15(21-19(23)27)11-13-7-3-1-4-8-13/h1,3-4,7-8,14-15H,2,5-6,9-12H2,(H,21,27)(H2,20,22,24,26)/t15-/m1/s1. The number of rotatable bonds is 5. The number of imide groups is 2. The predicted molar refractivity (Wildman–Crippen MR) is 97.7 cm³/mol. The minimum Gasteiger partial charge on any atom is -0.335 e. The summed E-state index contributed by atoms with van der Waals surface area (Å²) in [5.74, 6) is -1.15. The van der Waals surface area contributed by atoms with E-state index >= 15 is 0 Å². The van der Waals surface area contributed by atoms with E-state index in [0.29, 0.717) is 6.42 Å². The van der Waals surface area contributed by atoms with Crippen LogP contribution in [0.1, 0.15) is 37.7 Å². The molecule has 1 aliphatic carbocycles. The zero-order valence-electron chi connectivity index (χ0n) is 15.1. The van der Waals surface area contributed by atoms with Crippen LogP contribution in [0.3, 0.4) is 0 Å². The van der Waals surface area contributed by atoms with Crippen molar-refractivity contribution in [2.45, 2.75) is 50.6 Å². The smallest absolute Gasteiger partial charge is 0.325 e. The molecule has 27 heavy (non-hydrogen) atoms. The third kappa shape index (κ3) is 5.06. The lowest BCUT2D eigenvalue weighted by atomic mass is 9.96. The average molecular weight is 372 g/mol. The van der Waals surface area contributed by atoms with Crippen molar-refractivity contribution in [2.75, 3.05) is 6.54 Å². The molecule has 2 fully saturated rings. The van der Waals surface area contributed by atoms with Gasteiger partial charge in [0.2, 0.25) is 5.91 Å². The fourth-order valence-corrected chi connectivity index (χ4v) is 3.49. The summed E-state index contributed by atoms with van der Waals surface area (Å²) >= 11 is 0. The zero-order valence-corrected chi connectivity index (χ0v) is 15.1. The van der Waals surface area contributed by atoms with Crippen molar-refractivity contribution in [1.82, 2.24) is 20.9 Å². The molecule has 1 atom stereocenters. The number of urea groups is 2. The molecule has 0 radical (unpaired) electrons. The van der Waals surface area contributed by atoms with Crippen molar-refractivity contribution in [3.05, 3.63) is 35.9 Å². The highest BCUT2D eigenvalue weighted by Gasteiger charge is 2.39. The molecule has 6 amide bonds. The van der Waals surface area contributed by atoms with Crippen molar-refractivity contribution < 1.29 is 19.2 Å². The van der Waals surface area contributed by atoms with Crippen molar-refractivity contribution in [1.29, 1.82) is 0 Å². The molecule has 2 aliphatic rings. The fraction of sp³-hybridized carbons (Fsp3) is 0.474. The fourth-order valence-electron chi connectivity index (χ4n) is 3.49. The van der Waals surface area contributed by atoms with Crippen LogP contribution >= 0.6 is 0 Å². The van der Waals surface area contributed by atoms with Gasteiger partial charge in [-0.3, -0.25) is 19.8 Å². The number of benzene rings is 1. The molecule has 0 bridgehead atoms. The molecular weight excluding hydrogens is 348 g/mol. The maximum atomic E-state index is 12.4. The Balaban J connectivity index is 1.49. The van der Waals surface area contributed by atoms with Crippen LogP contribution in [0.5, 0.6) is 0 Å². The van der Waals surface area contributed by atoms with Gasteiger partial charge in [0.15, 0.2) is 0 Å². The third-order valence-corrected chi connectivity index (χ3v) is 4.88. The molecule has 0 unspecified atom stereocenters. The number of nitrogens with one attached hydrogen (secondary N) is 3. The monoisotopic (exact) mass is 372 g/mol. The Morgan fingerprint density at radius 1 is 1.07 bits per heavy atom. The molecular formula is C19H24N4O4. The zero-order chi connectivity index (χ0) is 19.2. The maximum Gasteiger partial charge on any atom is 0.325 e. The largest absolute Gasteiger partial charge is 0.335 e. The first-order valence-electron chi connectivity index (χ1n) is 9.29. The van der Waals surface area contributed by atoms with Gasteiger partial charge < -0.3 is 10.6 Å². The van der Waals surface area contributed by atoms with Gasteiger partial charge in [-0.05, 0) is 18.4 Å². The molecule has 0 aromatic heterocycles. The summed E-state index contributed by atoms with van der Waals surface area (Å²) in [5, 5.41) is 7.54. The summed E-state index contributed by atoms with van der Waals surface area (Å²) in [6, 6.07) is 7.47. The molecule has 1 heterocycles. The van der Waals surface area contributed by atoms with E-state index in [-0.39, 0.29) is 6.04 Å². The highest BCUT2D eigenvalue weighted by molar-refractivity contribution is 6.07. The normalized spacial score (nSPS) is 20.3. The number of hydrogen-bond acceptors (Lipinski definition) is 4. The predicted octanol–water partition coefficient (Wildman–Crippen LogP) is 1.31. The van der Waals surface area contributed by atoms with E-state index in [2.05, 4.69) is 16.0 Å². The van der Waals surface area contributed by atoms with Gasteiger partial charge in [0.05, 0.1) is 0 Å². The van der Waals surface area contributed by atoms with E-state index in [1.165, 1.54) is 0 Å². The molecule has 1 saturated carbocycles. The SMILES string of the molecule is O=C(CN1C(=O)N[C@H](Cc2ccccc2)C1=O)NC(=O)NC1CCCCC1. The van der Waals surface area contributed by atoms with Crippen LogP contribution in [0.25, 0.3) is 0 Å². The van der Waals surface area contributed by atoms with Gasteiger partial charge in [-0.15, -0.1) is 0 Å². The molecule has 3 rings (SSSR count). The van der Waals surface area contributed by atoms with E-state index in [4.69, 9.17) is 0 Å². The van der Waals surface area contributed by atoms with E-state index < -0.39 is 36.5 Å². The molecule has 1 aromatic rings. The van der Waals surface area contributed by atoms with E-state index in [1.54, 1.807) is 0 Å². The Labute approximate surface area is 157 Å². The number of nitrogens with zero attached hydrogens (tertiary/aromatic N) is 1. The summed E-state index contributed by atoms with van der Waals surface area (Å²) in [6.45, 7) is -0.478. The molecule has 144 valence electrons. The van der Waals surface area contributed by atoms with Crippen LogP contribution < -0.4 is 16.0 Å². The second-order valence-corrected chi connectivity index (χ2v) is 6.97. The Morgan fingerprint density at radius 2 is 1.78 bits per heavy atom. The van der Waals surface area contributed by atoms with Gasteiger partial charge in [0.25, 0.3) is 5.91 Å². The van der Waals surface area contributed by atoms with Crippen LogP contribution in [0.4, 0.5) is 9.59 Å². The first-order valence-corrected chi connectivity index (χ1v) is 9.29. The van der Waals surface area contributed by atoms with Crippen molar-refractivity contribution in [3.63, 3.8) is 0 Å². The first-order chi connectivity index (χ1) is 13.0. The number of carbonyl (C=O) groups is 4. The molecule has 0 spiro atoms. The first kappa shape index (κ1) is 18.9. The van der Waals surface area contributed by atoms with Crippen LogP contribution in [-0.2, 0) is 16.0 Å². The van der Waals surface area contributed by atoms with Gasteiger partial charge in [-0.25, -0.2) is 9.59 Å². The lowest BCUT2D eigenvalue weighted by Gasteiger charge is -2.22. The lowest BCUT2D eigenvalue weighted by molar-refractivity contribution is -0.131. The lowest BCUT2D eigenvalue weighted by Crippen LogP contribution is -2.49. The summed E-state index contributed by atoms with van der Waals surface area (Å²) in [4.78, 5) is 49.3. The minimum atomic E-state index is -0.705. The van der Waals surface area contributed by atoms with Gasteiger partial charge in [0, 0.05) is 12.5 Å². The molecule has 1 aliphatic heterocycles. The minimum absolute atomic E-state index is 0.0681. The van der Waals surface area contributed by atoms with Gasteiger partial charge >= 0.3 is 12.1 Å². The van der Waals surface area contributed by atoms with Gasteiger partial charge in [-0.1, -0.05) is 49.6 Å². The second kappa shape index (κ2) is 8.66. The Morgan fingerprint density at radius 3 is 2.48 bits per heavy atom. The molecule has 3 N–H and O–H groups in total. The quantitative estimate of drug-likeness (QED) is 0.677. The Bertz CT molecular complexity index is 716. The van der Waals surface area contributed by atoms with Crippen LogP contribution in [-0.4, -0.2) is 47.4 Å². The summed E-state index contributed by atoms with van der Waals surface area (Å²) in [7, 11) is 0. The van der Waals surface area contributed by atoms with E-state index in [9.17, 15) is 19.2 Å². The highest BCUT2D eigenvalue weighted by Crippen LogP contribution is 2.17. The van der Waals surface area contributed by atoms with Crippen LogP contribution in [0.15, 0.2) is 30.3 Å². The maximum absolute atomic E-state index is 12.4. The van der Waals surface area contributed by atoms with Gasteiger partial charge in [-0.2, -0.15) is 0 Å². The van der Waals surface area contributed by atoms with Crippen LogP contribution in [0.2, 0.25) is 0 Å². The van der Waals surface area contributed by atoms with Crippen molar-refractivity contribution in [2.24, 2.45) is 0 Å². The summed E-state index contributed by atoms with van der Waals surface area (Å²) in [5.41, 5.74) is 0.911. The highest BCUT2D eigenvalue weighted by atomic mass is 16.2. The second-order valence-electron chi connectivity index (χ2n) is 6.97. The van der Waals surface area contributed by atoms with Crippen molar-refractivity contribution >= 4 is 23.9 Å². The molecule has 8 heteroatoms. The van der Waals surface area contributed by atoms with E-state index in [1.807, 2.05) is 30.3 Å². The van der Waals surface area contributed by atoms with E-state index in [0.717, 1.165) is 42.6 Å². The van der Waals surface area contributed by atoms with Gasteiger partial charge in [0.1, 0.15) is 12.6 Å². The number of hydrogen-bond donors (Lipinski definition) is 3. The molecule has 8 nitrogen and oxygen atoms in total. The summed E-state index contributed by atoms with van der Waals surface area (Å²) in [6.07, 6.45) is 5.43. The number of carbonyl (C=O) groups excluding carboxylic acids is 4. The molecule has 1 saturated heterocycles. The molecule has 1 aromatic carbocycles. The Kier molecular flexibility index (Phi) is 6.05. The average Bonchev–Trinajstić information content (AvgIpc) is 2.90. The Hall–Kier alpha value is -2.90. The topological polar surface area (TPSA) is 108 Å². The third-order valence-electron chi connectivity index (χ3n) is 4.88. The van der Waals surface area contributed by atoms with Crippen molar-refractivity contribution in [3.8, 4) is 0 Å². The number of amides is 6. The van der Waals surface area contributed by atoms with Crippen LogP contribution in [0, 0.1) is 0 Å². The summed E-state index contributed by atoms with van der Waals surface area (Å²) < 4.78 is 0.